The van der Waals surface area contributed by atoms with E-state index in [0.717, 1.165) is 22.4 Å². The Morgan fingerprint density at radius 3 is 2.35 bits per heavy atom. The molecule has 1 atom stereocenters. The van der Waals surface area contributed by atoms with Crippen LogP contribution in [0.5, 0.6) is 11.5 Å². The molecule has 1 amide bonds. The second kappa shape index (κ2) is 8.70. The van der Waals surface area contributed by atoms with Crippen molar-refractivity contribution < 1.29 is 18.7 Å². The van der Waals surface area contributed by atoms with Crippen molar-refractivity contribution in [2.24, 2.45) is 0 Å². The zero-order valence-corrected chi connectivity index (χ0v) is 15.9. The summed E-state index contributed by atoms with van der Waals surface area (Å²) >= 11 is 0. The van der Waals surface area contributed by atoms with Crippen LogP contribution >= 0.6 is 0 Å². The lowest BCUT2D eigenvalue weighted by molar-refractivity contribution is -0.123. The molecule has 2 aromatic carbocycles. The number of carbonyl (C=O) groups excluding carboxylic acids is 1. The van der Waals surface area contributed by atoms with Gasteiger partial charge in [0.15, 0.2) is 6.61 Å². The van der Waals surface area contributed by atoms with Crippen molar-refractivity contribution in [3.63, 3.8) is 0 Å². The highest BCUT2D eigenvalue weighted by Crippen LogP contribution is 2.32. The van der Waals surface area contributed by atoms with Crippen LogP contribution in [-0.4, -0.2) is 19.6 Å². The minimum absolute atomic E-state index is 0.123. The standard InChI is InChI=1S/C21H26FNO3/c1-13(2)18-11-19(14(3)10-20(18)25-5)15(4)23-21(24)12-26-17-8-6-16(22)7-9-17/h6-11,13,15H,12H2,1-5H3,(H,23,24). The predicted octanol–water partition coefficient (Wildman–Crippen LogP) is 4.52. The van der Waals surface area contributed by atoms with E-state index in [0.29, 0.717) is 11.7 Å². The van der Waals surface area contributed by atoms with Gasteiger partial charge in [0.1, 0.15) is 17.3 Å². The van der Waals surface area contributed by atoms with Gasteiger partial charge in [0.2, 0.25) is 0 Å². The van der Waals surface area contributed by atoms with Crippen LogP contribution in [-0.2, 0) is 4.79 Å². The van der Waals surface area contributed by atoms with E-state index >= 15 is 0 Å². The van der Waals surface area contributed by atoms with Gasteiger partial charge in [-0.2, -0.15) is 0 Å². The summed E-state index contributed by atoms with van der Waals surface area (Å²) in [6.07, 6.45) is 0. The van der Waals surface area contributed by atoms with Crippen LogP contribution in [0.2, 0.25) is 0 Å². The molecule has 2 rings (SSSR count). The van der Waals surface area contributed by atoms with Gasteiger partial charge in [-0.05, 0) is 72.9 Å². The third-order valence-corrected chi connectivity index (χ3v) is 4.27. The zero-order valence-electron chi connectivity index (χ0n) is 15.9. The number of halogens is 1. The second-order valence-corrected chi connectivity index (χ2v) is 6.64. The first kappa shape index (κ1) is 19.8. The monoisotopic (exact) mass is 359 g/mol. The third kappa shape index (κ3) is 4.97. The maximum absolute atomic E-state index is 12.9. The van der Waals surface area contributed by atoms with Crippen LogP contribution < -0.4 is 14.8 Å². The molecule has 1 N–H and O–H groups in total. The van der Waals surface area contributed by atoms with Crippen molar-refractivity contribution in [1.29, 1.82) is 0 Å². The number of hydrogen-bond donors (Lipinski definition) is 1. The number of methoxy groups -OCH3 is 1. The van der Waals surface area contributed by atoms with Gasteiger partial charge in [-0.3, -0.25) is 4.79 Å². The van der Waals surface area contributed by atoms with Crippen molar-refractivity contribution >= 4 is 5.91 Å². The molecular formula is C21H26FNO3. The van der Waals surface area contributed by atoms with Crippen LogP contribution in [0, 0.1) is 12.7 Å². The number of hydrogen-bond acceptors (Lipinski definition) is 3. The van der Waals surface area contributed by atoms with Gasteiger partial charge in [0.25, 0.3) is 5.91 Å². The SMILES string of the molecule is COc1cc(C)c(C(C)NC(=O)COc2ccc(F)cc2)cc1C(C)C. The molecule has 0 spiro atoms. The summed E-state index contributed by atoms with van der Waals surface area (Å²) in [5.41, 5.74) is 3.21. The third-order valence-electron chi connectivity index (χ3n) is 4.27. The Hall–Kier alpha value is -2.56. The molecule has 0 aliphatic heterocycles. The van der Waals surface area contributed by atoms with Crippen molar-refractivity contribution in [2.45, 2.75) is 39.7 Å². The van der Waals surface area contributed by atoms with E-state index in [1.54, 1.807) is 7.11 Å². The summed E-state index contributed by atoms with van der Waals surface area (Å²) in [6, 6.07) is 9.51. The van der Waals surface area contributed by atoms with E-state index in [-0.39, 0.29) is 24.4 Å². The summed E-state index contributed by atoms with van der Waals surface area (Å²) in [7, 11) is 1.66. The Balaban J connectivity index is 2.04. The van der Waals surface area contributed by atoms with E-state index in [4.69, 9.17) is 9.47 Å². The molecular weight excluding hydrogens is 333 g/mol. The number of aryl methyl sites for hydroxylation is 1. The number of benzene rings is 2. The molecule has 0 aliphatic rings. The van der Waals surface area contributed by atoms with Gasteiger partial charge in [-0.1, -0.05) is 13.8 Å². The topological polar surface area (TPSA) is 47.6 Å². The highest BCUT2D eigenvalue weighted by Gasteiger charge is 2.17. The largest absolute Gasteiger partial charge is 0.496 e. The Morgan fingerprint density at radius 2 is 1.77 bits per heavy atom. The van der Waals surface area contributed by atoms with Crippen LogP contribution in [0.15, 0.2) is 36.4 Å². The molecule has 140 valence electrons. The fourth-order valence-electron chi connectivity index (χ4n) is 2.85. The minimum Gasteiger partial charge on any atom is -0.496 e. The fraction of sp³-hybridized carbons (Fsp3) is 0.381. The van der Waals surface area contributed by atoms with E-state index in [9.17, 15) is 9.18 Å². The molecule has 2 aromatic rings. The van der Waals surface area contributed by atoms with E-state index in [1.807, 2.05) is 19.9 Å². The Labute approximate surface area is 154 Å². The smallest absolute Gasteiger partial charge is 0.258 e. The van der Waals surface area contributed by atoms with Gasteiger partial charge in [0.05, 0.1) is 13.2 Å². The number of ether oxygens (including phenoxy) is 2. The van der Waals surface area contributed by atoms with Crippen LogP contribution in [0.4, 0.5) is 4.39 Å². The summed E-state index contributed by atoms with van der Waals surface area (Å²) in [5, 5.41) is 2.94. The molecule has 0 heterocycles. The van der Waals surface area contributed by atoms with Crippen LogP contribution in [0.1, 0.15) is 49.4 Å². The van der Waals surface area contributed by atoms with Crippen molar-refractivity contribution in [3.8, 4) is 11.5 Å². The van der Waals surface area contributed by atoms with Crippen molar-refractivity contribution in [2.75, 3.05) is 13.7 Å². The number of nitrogens with one attached hydrogen (secondary N) is 1. The van der Waals surface area contributed by atoms with Crippen molar-refractivity contribution in [1.82, 2.24) is 5.32 Å². The molecule has 0 radical (unpaired) electrons. The average molecular weight is 359 g/mol. The summed E-state index contributed by atoms with van der Waals surface area (Å²) in [6.45, 7) is 8.03. The lowest BCUT2D eigenvalue weighted by atomic mass is 9.93. The maximum atomic E-state index is 12.9. The number of carbonyl (C=O) groups is 1. The van der Waals surface area contributed by atoms with Gasteiger partial charge < -0.3 is 14.8 Å². The van der Waals surface area contributed by atoms with E-state index in [1.165, 1.54) is 24.3 Å². The van der Waals surface area contributed by atoms with Gasteiger partial charge >= 0.3 is 0 Å². The molecule has 0 saturated heterocycles. The van der Waals surface area contributed by atoms with E-state index < -0.39 is 0 Å². The first-order valence-corrected chi connectivity index (χ1v) is 8.68. The predicted molar refractivity (Wildman–Crippen MR) is 100 cm³/mol. The van der Waals surface area contributed by atoms with Gasteiger partial charge in [-0.25, -0.2) is 4.39 Å². The number of amides is 1. The van der Waals surface area contributed by atoms with Gasteiger partial charge in [-0.15, -0.1) is 0 Å². The molecule has 0 aliphatic carbocycles. The first-order valence-electron chi connectivity index (χ1n) is 8.68. The normalized spacial score (nSPS) is 12.0. The molecule has 0 saturated carbocycles. The first-order chi connectivity index (χ1) is 12.3. The second-order valence-electron chi connectivity index (χ2n) is 6.64. The zero-order chi connectivity index (χ0) is 19.3. The Kier molecular flexibility index (Phi) is 6.61. The Morgan fingerprint density at radius 1 is 1.12 bits per heavy atom. The Bertz CT molecular complexity index is 757. The quantitative estimate of drug-likeness (QED) is 0.790. The molecule has 26 heavy (non-hydrogen) atoms. The molecule has 0 fully saturated rings. The van der Waals surface area contributed by atoms with E-state index in [2.05, 4.69) is 25.2 Å². The minimum atomic E-state index is -0.341. The summed E-state index contributed by atoms with van der Waals surface area (Å²) in [5.74, 6) is 1.06. The highest BCUT2D eigenvalue weighted by atomic mass is 19.1. The van der Waals surface area contributed by atoms with Crippen LogP contribution in [0.3, 0.4) is 0 Å². The average Bonchev–Trinajstić information content (AvgIpc) is 2.60. The maximum Gasteiger partial charge on any atom is 0.258 e. The molecule has 0 bridgehead atoms. The lowest BCUT2D eigenvalue weighted by Gasteiger charge is -2.21. The molecule has 5 heteroatoms. The van der Waals surface area contributed by atoms with Crippen LogP contribution in [0.25, 0.3) is 0 Å². The summed E-state index contributed by atoms with van der Waals surface area (Å²) < 4.78 is 23.7. The number of rotatable bonds is 7. The fourth-order valence-corrected chi connectivity index (χ4v) is 2.85. The summed E-state index contributed by atoms with van der Waals surface area (Å²) in [4.78, 5) is 12.2. The molecule has 4 nitrogen and oxygen atoms in total. The highest BCUT2D eigenvalue weighted by molar-refractivity contribution is 5.78. The molecule has 0 aromatic heterocycles. The molecule has 1 unspecified atom stereocenters. The van der Waals surface area contributed by atoms with Gasteiger partial charge in [0, 0.05) is 0 Å². The lowest BCUT2D eigenvalue weighted by Crippen LogP contribution is -2.31. The van der Waals surface area contributed by atoms with Crippen molar-refractivity contribution in [3.05, 3.63) is 58.9 Å².